The first-order valence-corrected chi connectivity index (χ1v) is 4.19. The summed E-state index contributed by atoms with van der Waals surface area (Å²) in [5, 5.41) is 9.42. The third-order valence-corrected chi connectivity index (χ3v) is 2.81. The molecule has 1 aliphatic rings. The Hall–Kier alpha value is 0.310. The SMILES string of the molecule is CCCSC1CC1O. The average Bonchev–Trinajstić information content (AvgIpc) is 2.42. The van der Waals surface area contributed by atoms with Gasteiger partial charge in [0.1, 0.15) is 0 Å². The monoisotopic (exact) mass is 132 g/mol. The van der Waals surface area contributed by atoms with E-state index in [1.807, 2.05) is 11.8 Å². The van der Waals surface area contributed by atoms with E-state index in [2.05, 4.69) is 6.92 Å². The zero-order chi connectivity index (χ0) is 5.98. The fourth-order valence-electron chi connectivity index (χ4n) is 0.608. The maximum atomic E-state index is 8.83. The van der Waals surface area contributed by atoms with E-state index in [4.69, 9.17) is 5.11 Å². The van der Waals surface area contributed by atoms with Crippen LogP contribution in [0.4, 0.5) is 0 Å². The Kier molecular flexibility index (Phi) is 2.20. The van der Waals surface area contributed by atoms with Crippen molar-refractivity contribution in [3.63, 3.8) is 0 Å². The molecule has 0 aromatic heterocycles. The highest BCUT2D eigenvalue weighted by molar-refractivity contribution is 8.00. The fourth-order valence-corrected chi connectivity index (χ4v) is 1.70. The zero-order valence-electron chi connectivity index (χ0n) is 5.13. The molecule has 0 aromatic carbocycles. The second-order valence-corrected chi connectivity index (χ2v) is 3.56. The Labute approximate surface area is 54.5 Å². The molecule has 0 bridgehead atoms. The van der Waals surface area contributed by atoms with Crippen molar-refractivity contribution in [1.29, 1.82) is 0 Å². The molecule has 0 aromatic rings. The van der Waals surface area contributed by atoms with E-state index >= 15 is 0 Å². The molecule has 1 fully saturated rings. The van der Waals surface area contributed by atoms with Crippen LogP contribution in [-0.4, -0.2) is 22.2 Å². The van der Waals surface area contributed by atoms with Crippen molar-refractivity contribution in [2.24, 2.45) is 0 Å². The molecule has 2 heteroatoms. The van der Waals surface area contributed by atoms with Gasteiger partial charge in [0.15, 0.2) is 0 Å². The van der Waals surface area contributed by atoms with Crippen LogP contribution in [0.1, 0.15) is 19.8 Å². The molecule has 0 saturated heterocycles. The number of aliphatic hydroxyl groups is 1. The minimum atomic E-state index is 0.0338. The van der Waals surface area contributed by atoms with Crippen molar-refractivity contribution in [1.82, 2.24) is 0 Å². The second kappa shape index (κ2) is 2.74. The van der Waals surface area contributed by atoms with Gasteiger partial charge in [0.05, 0.1) is 6.10 Å². The summed E-state index contributed by atoms with van der Waals surface area (Å²) in [7, 11) is 0. The molecule has 0 spiro atoms. The Morgan fingerprint density at radius 2 is 2.38 bits per heavy atom. The molecule has 2 unspecified atom stereocenters. The lowest BCUT2D eigenvalue weighted by molar-refractivity contribution is 0.280. The van der Waals surface area contributed by atoms with E-state index in [1.54, 1.807) is 0 Å². The van der Waals surface area contributed by atoms with Crippen LogP contribution in [0.2, 0.25) is 0 Å². The van der Waals surface area contributed by atoms with Gasteiger partial charge in [-0.2, -0.15) is 11.8 Å². The van der Waals surface area contributed by atoms with Crippen molar-refractivity contribution in [3.05, 3.63) is 0 Å². The highest BCUT2D eigenvalue weighted by atomic mass is 32.2. The van der Waals surface area contributed by atoms with Gasteiger partial charge in [0.2, 0.25) is 0 Å². The lowest BCUT2D eigenvalue weighted by Crippen LogP contribution is -1.86. The van der Waals surface area contributed by atoms with Gasteiger partial charge >= 0.3 is 0 Å². The van der Waals surface area contributed by atoms with E-state index < -0.39 is 0 Å². The summed E-state index contributed by atoms with van der Waals surface area (Å²) in [6.45, 7) is 2.17. The molecule has 1 aliphatic carbocycles. The number of aliphatic hydroxyl groups excluding tert-OH is 1. The van der Waals surface area contributed by atoms with Gasteiger partial charge in [0.25, 0.3) is 0 Å². The van der Waals surface area contributed by atoms with Crippen LogP contribution in [0.5, 0.6) is 0 Å². The molecule has 48 valence electrons. The minimum absolute atomic E-state index is 0.0338. The quantitative estimate of drug-likeness (QED) is 0.624. The van der Waals surface area contributed by atoms with Crippen LogP contribution >= 0.6 is 11.8 Å². The minimum Gasteiger partial charge on any atom is -0.392 e. The molecule has 1 N–H and O–H groups in total. The number of hydrogen-bond acceptors (Lipinski definition) is 2. The third-order valence-electron chi connectivity index (χ3n) is 1.24. The van der Waals surface area contributed by atoms with Crippen molar-refractivity contribution >= 4 is 11.8 Å². The topological polar surface area (TPSA) is 20.2 Å². The van der Waals surface area contributed by atoms with Crippen LogP contribution in [-0.2, 0) is 0 Å². The van der Waals surface area contributed by atoms with Gasteiger partial charge in [-0.3, -0.25) is 0 Å². The Balaban J connectivity index is 1.89. The highest BCUT2D eigenvalue weighted by Gasteiger charge is 2.34. The molecular formula is C6H12OS. The summed E-state index contributed by atoms with van der Waals surface area (Å²) >= 11 is 1.90. The normalized spacial score (nSPS) is 35.2. The van der Waals surface area contributed by atoms with Crippen LogP contribution in [0.3, 0.4) is 0 Å². The summed E-state index contributed by atoms with van der Waals surface area (Å²) in [5.74, 6) is 1.21. The highest BCUT2D eigenvalue weighted by Crippen LogP contribution is 2.34. The first-order chi connectivity index (χ1) is 3.84. The Morgan fingerprint density at radius 1 is 1.75 bits per heavy atom. The lowest BCUT2D eigenvalue weighted by Gasteiger charge is -1.91. The molecule has 8 heavy (non-hydrogen) atoms. The van der Waals surface area contributed by atoms with E-state index in [0.717, 1.165) is 6.42 Å². The van der Waals surface area contributed by atoms with Gasteiger partial charge in [0, 0.05) is 5.25 Å². The summed E-state index contributed by atoms with van der Waals surface area (Å²) < 4.78 is 0. The smallest absolute Gasteiger partial charge is 0.0671 e. The van der Waals surface area contributed by atoms with Crippen LogP contribution in [0.15, 0.2) is 0 Å². The Bertz CT molecular complexity index is 74.9. The molecule has 1 rings (SSSR count). The maximum Gasteiger partial charge on any atom is 0.0671 e. The fraction of sp³-hybridized carbons (Fsp3) is 1.00. The van der Waals surface area contributed by atoms with Crippen LogP contribution in [0, 0.1) is 0 Å². The van der Waals surface area contributed by atoms with E-state index in [9.17, 15) is 0 Å². The van der Waals surface area contributed by atoms with Gasteiger partial charge < -0.3 is 5.11 Å². The summed E-state index contributed by atoms with van der Waals surface area (Å²) in [5.41, 5.74) is 0. The predicted octanol–water partition coefficient (Wildman–Crippen LogP) is 1.26. The summed E-state index contributed by atoms with van der Waals surface area (Å²) in [4.78, 5) is 0. The zero-order valence-corrected chi connectivity index (χ0v) is 5.95. The van der Waals surface area contributed by atoms with Crippen molar-refractivity contribution in [2.45, 2.75) is 31.1 Å². The number of thioether (sulfide) groups is 1. The van der Waals surface area contributed by atoms with Gasteiger partial charge in [-0.15, -0.1) is 0 Å². The first kappa shape index (κ1) is 6.43. The standard InChI is InChI=1S/C6H12OS/c1-2-3-8-6-4-5(6)7/h5-7H,2-4H2,1H3. The largest absolute Gasteiger partial charge is 0.392 e. The number of rotatable bonds is 3. The maximum absolute atomic E-state index is 8.83. The molecule has 0 aliphatic heterocycles. The van der Waals surface area contributed by atoms with Crippen molar-refractivity contribution < 1.29 is 5.11 Å². The van der Waals surface area contributed by atoms with Crippen LogP contribution in [0.25, 0.3) is 0 Å². The van der Waals surface area contributed by atoms with Crippen LogP contribution < -0.4 is 0 Å². The molecule has 2 atom stereocenters. The molecule has 0 heterocycles. The Morgan fingerprint density at radius 3 is 2.75 bits per heavy atom. The third kappa shape index (κ3) is 1.67. The lowest BCUT2D eigenvalue weighted by atomic mass is 10.6. The average molecular weight is 132 g/mol. The van der Waals surface area contributed by atoms with Gasteiger partial charge in [-0.05, 0) is 18.6 Å². The van der Waals surface area contributed by atoms with Gasteiger partial charge in [-0.1, -0.05) is 6.92 Å². The molecule has 0 amide bonds. The summed E-state index contributed by atoms with van der Waals surface area (Å²) in [6.07, 6.45) is 2.30. The molecule has 0 radical (unpaired) electrons. The van der Waals surface area contributed by atoms with E-state index in [1.165, 1.54) is 12.2 Å². The molecular weight excluding hydrogens is 120 g/mol. The van der Waals surface area contributed by atoms with Crippen molar-refractivity contribution in [2.75, 3.05) is 5.75 Å². The van der Waals surface area contributed by atoms with Crippen molar-refractivity contribution in [3.8, 4) is 0 Å². The molecule has 1 saturated carbocycles. The number of hydrogen-bond donors (Lipinski definition) is 1. The predicted molar refractivity (Wildman–Crippen MR) is 37.2 cm³/mol. The summed E-state index contributed by atoms with van der Waals surface area (Å²) in [6, 6.07) is 0. The first-order valence-electron chi connectivity index (χ1n) is 3.14. The second-order valence-electron chi connectivity index (χ2n) is 2.21. The van der Waals surface area contributed by atoms with E-state index in [-0.39, 0.29) is 6.10 Å². The molecule has 1 nitrogen and oxygen atoms in total. The van der Waals surface area contributed by atoms with E-state index in [0.29, 0.717) is 5.25 Å². The van der Waals surface area contributed by atoms with Gasteiger partial charge in [-0.25, -0.2) is 0 Å².